The zero-order chi connectivity index (χ0) is 19.6. The van der Waals surface area contributed by atoms with Gasteiger partial charge in [-0.05, 0) is 51.0 Å². The van der Waals surface area contributed by atoms with Crippen LogP contribution in [0.1, 0.15) is 51.0 Å². The average Bonchev–Trinajstić information content (AvgIpc) is 2.70. The summed E-state index contributed by atoms with van der Waals surface area (Å²) in [6, 6.07) is 9.67. The minimum absolute atomic E-state index is 0.220. The predicted molar refractivity (Wildman–Crippen MR) is 113 cm³/mol. The summed E-state index contributed by atoms with van der Waals surface area (Å²) in [5, 5.41) is 2.92. The monoisotopic (exact) mass is 369 g/mol. The van der Waals surface area contributed by atoms with E-state index in [4.69, 9.17) is 0 Å². The van der Waals surface area contributed by atoms with Crippen molar-refractivity contribution >= 4 is 23.1 Å². The lowest BCUT2D eigenvalue weighted by Crippen LogP contribution is -2.26. The van der Waals surface area contributed by atoms with E-state index in [2.05, 4.69) is 52.8 Å². The smallest absolute Gasteiger partial charge is 0.274 e. The molecule has 0 unspecified atom stereocenters. The zero-order valence-electron chi connectivity index (χ0n) is 16.9. The minimum Gasteiger partial charge on any atom is -0.372 e. The van der Waals surface area contributed by atoms with Gasteiger partial charge in [0.05, 0.1) is 0 Å². The summed E-state index contributed by atoms with van der Waals surface area (Å²) in [4.78, 5) is 25.6. The summed E-state index contributed by atoms with van der Waals surface area (Å²) in [7, 11) is 0. The van der Waals surface area contributed by atoms with Gasteiger partial charge in [0.2, 0.25) is 0 Å². The number of hydrogen-bond donors (Lipinski definition) is 1. The highest BCUT2D eigenvalue weighted by Gasteiger charge is 2.13. The lowest BCUT2D eigenvalue weighted by Gasteiger charge is -2.22. The van der Waals surface area contributed by atoms with Crippen molar-refractivity contribution in [2.45, 2.75) is 40.5 Å². The quantitative estimate of drug-likeness (QED) is 0.680. The van der Waals surface area contributed by atoms with E-state index >= 15 is 0 Å². The second kappa shape index (κ2) is 10.5. The van der Waals surface area contributed by atoms with Crippen LogP contribution in [0.3, 0.4) is 0 Å². The van der Waals surface area contributed by atoms with Crippen molar-refractivity contribution in [2.24, 2.45) is 0 Å². The van der Waals surface area contributed by atoms with Gasteiger partial charge >= 0.3 is 0 Å². The molecule has 6 heteroatoms. The Labute approximate surface area is 162 Å². The Hall–Kier alpha value is -2.63. The molecule has 1 N–H and O–H groups in total. The SMILES string of the molecule is CCCN(CCC)c1cc(C(=O)Nc2ccc(N(CC)CC)cc2)ncn1. The molecule has 1 amide bonds. The number of nitrogens with one attached hydrogen (secondary N) is 1. The van der Waals surface area contributed by atoms with E-state index in [1.54, 1.807) is 6.07 Å². The number of amides is 1. The summed E-state index contributed by atoms with van der Waals surface area (Å²) in [5.41, 5.74) is 2.29. The van der Waals surface area contributed by atoms with Gasteiger partial charge in [0.15, 0.2) is 0 Å². The van der Waals surface area contributed by atoms with Crippen LogP contribution in [0.25, 0.3) is 0 Å². The molecule has 146 valence electrons. The highest BCUT2D eigenvalue weighted by atomic mass is 16.1. The fraction of sp³-hybridized carbons (Fsp3) is 0.476. The van der Waals surface area contributed by atoms with E-state index in [9.17, 15) is 4.79 Å². The third-order valence-corrected chi connectivity index (χ3v) is 4.45. The van der Waals surface area contributed by atoms with Gasteiger partial charge < -0.3 is 15.1 Å². The van der Waals surface area contributed by atoms with Gasteiger partial charge in [-0.1, -0.05) is 13.8 Å². The van der Waals surface area contributed by atoms with Crippen molar-refractivity contribution in [3.63, 3.8) is 0 Å². The van der Waals surface area contributed by atoms with Crippen LogP contribution < -0.4 is 15.1 Å². The molecule has 2 aromatic rings. The highest BCUT2D eigenvalue weighted by Crippen LogP contribution is 2.19. The largest absolute Gasteiger partial charge is 0.372 e. The Balaban J connectivity index is 2.10. The highest BCUT2D eigenvalue weighted by molar-refractivity contribution is 6.03. The summed E-state index contributed by atoms with van der Waals surface area (Å²) in [5.74, 6) is 0.581. The first-order valence-corrected chi connectivity index (χ1v) is 9.86. The molecule has 0 bridgehead atoms. The van der Waals surface area contributed by atoms with Crippen molar-refractivity contribution < 1.29 is 4.79 Å². The first kappa shape index (κ1) is 20.7. The first-order valence-electron chi connectivity index (χ1n) is 9.86. The lowest BCUT2D eigenvalue weighted by atomic mass is 10.2. The van der Waals surface area contributed by atoms with Crippen molar-refractivity contribution in [1.82, 2.24) is 9.97 Å². The molecule has 0 aliphatic rings. The summed E-state index contributed by atoms with van der Waals surface area (Å²) >= 11 is 0. The molecular weight excluding hydrogens is 338 g/mol. The van der Waals surface area contributed by atoms with E-state index in [1.165, 1.54) is 6.33 Å². The van der Waals surface area contributed by atoms with Gasteiger partial charge in [0.1, 0.15) is 17.8 Å². The van der Waals surface area contributed by atoms with Crippen LogP contribution in [0.5, 0.6) is 0 Å². The van der Waals surface area contributed by atoms with Gasteiger partial charge in [0.25, 0.3) is 5.91 Å². The Morgan fingerprint density at radius 2 is 1.56 bits per heavy atom. The minimum atomic E-state index is -0.220. The second-order valence-corrected chi connectivity index (χ2v) is 6.42. The van der Waals surface area contributed by atoms with Gasteiger partial charge in [0, 0.05) is 43.6 Å². The molecule has 1 aromatic carbocycles. The topological polar surface area (TPSA) is 61.4 Å². The zero-order valence-corrected chi connectivity index (χ0v) is 16.9. The molecule has 0 saturated heterocycles. The third kappa shape index (κ3) is 5.67. The molecule has 0 fully saturated rings. The Morgan fingerprint density at radius 3 is 2.11 bits per heavy atom. The number of rotatable bonds is 10. The van der Waals surface area contributed by atoms with Gasteiger partial charge in [-0.15, -0.1) is 0 Å². The predicted octanol–water partition coefficient (Wildman–Crippen LogP) is 4.20. The molecule has 27 heavy (non-hydrogen) atoms. The van der Waals surface area contributed by atoms with Crippen LogP contribution in [-0.4, -0.2) is 42.1 Å². The molecule has 2 rings (SSSR count). The van der Waals surface area contributed by atoms with Crippen LogP contribution in [0.2, 0.25) is 0 Å². The Kier molecular flexibility index (Phi) is 8.04. The second-order valence-electron chi connectivity index (χ2n) is 6.42. The normalized spacial score (nSPS) is 10.5. The number of nitrogens with zero attached hydrogens (tertiary/aromatic N) is 4. The number of aromatic nitrogens is 2. The van der Waals surface area contributed by atoms with Gasteiger partial charge in [-0.3, -0.25) is 4.79 Å². The van der Waals surface area contributed by atoms with E-state index < -0.39 is 0 Å². The van der Waals surface area contributed by atoms with Crippen molar-refractivity contribution in [3.05, 3.63) is 42.4 Å². The lowest BCUT2D eigenvalue weighted by molar-refractivity contribution is 0.102. The number of anilines is 3. The molecule has 0 spiro atoms. The number of hydrogen-bond acceptors (Lipinski definition) is 5. The fourth-order valence-electron chi connectivity index (χ4n) is 3.06. The molecule has 1 aromatic heterocycles. The fourth-order valence-corrected chi connectivity index (χ4v) is 3.06. The Morgan fingerprint density at radius 1 is 0.926 bits per heavy atom. The number of benzene rings is 1. The van der Waals surface area contributed by atoms with Crippen LogP contribution in [0.15, 0.2) is 36.7 Å². The van der Waals surface area contributed by atoms with E-state index in [0.29, 0.717) is 5.69 Å². The number of carbonyl (C=O) groups is 1. The van der Waals surface area contributed by atoms with Gasteiger partial charge in [-0.2, -0.15) is 0 Å². The maximum absolute atomic E-state index is 12.6. The molecule has 0 aliphatic carbocycles. The molecule has 6 nitrogen and oxygen atoms in total. The van der Waals surface area contributed by atoms with Crippen molar-refractivity contribution in [2.75, 3.05) is 41.3 Å². The molecule has 0 aliphatic heterocycles. The van der Waals surface area contributed by atoms with Crippen LogP contribution in [0, 0.1) is 0 Å². The van der Waals surface area contributed by atoms with E-state index in [-0.39, 0.29) is 5.91 Å². The van der Waals surface area contributed by atoms with E-state index in [1.807, 2.05) is 24.3 Å². The van der Waals surface area contributed by atoms with Crippen molar-refractivity contribution in [1.29, 1.82) is 0 Å². The van der Waals surface area contributed by atoms with Crippen molar-refractivity contribution in [3.8, 4) is 0 Å². The molecule has 0 saturated carbocycles. The van der Waals surface area contributed by atoms with Gasteiger partial charge in [-0.25, -0.2) is 9.97 Å². The molecule has 0 radical (unpaired) electrons. The van der Waals surface area contributed by atoms with E-state index in [0.717, 1.165) is 56.2 Å². The molecular formula is C21H31N5O. The summed E-state index contributed by atoms with van der Waals surface area (Å²) in [6.07, 6.45) is 3.53. The Bertz CT molecular complexity index is 707. The summed E-state index contributed by atoms with van der Waals surface area (Å²) < 4.78 is 0. The molecule has 0 atom stereocenters. The molecule has 1 heterocycles. The maximum Gasteiger partial charge on any atom is 0.274 e. The number of carbonyl (C=O) groups excluding carboxylic acids is 1. The van der Waals surface area contributed by atoms with Crippen LogP contribution >= 0.6 is 0 Å². The third-order valence-electron chi connectivity index (χ3n) is 4.45. The van der Waals surface area contributed by atoms with Crippen LogP contribution in [0.4, 0.5) is 17.2 Å². The standard InChI is InChI=1S/C21H31N5O/c1-5-13-26(14-6-2)20-15-19(22-16-23-20)21(27)24-17-9-11-18(12-10-17)25(7-3)8-4/h9-12,15-16H,5-8,13-14H2,1-4H3,(H,24,27). The first-order chi connectivity index (χ1) is 13.1. The van der Waals surface area contributed by atoms with Crippen LogP contribution in [-0.2, 0) is 0 Å². The summed E-state index contributed by atoms with van der Waals surface area (Å²) in [6.45, 7) is 12.3. The average molecular weight is 370 g/mol. The maximum atomic E-state index is 12.6.